The van der Waals surface area contributed by atoms with Crippen molar-refractivity contribution in [2.45, 2.75) is 24.6 Å². The monoisotopic (exact) mass is 513 g/mol. The average molecular weight is 514 g/mol. The molecule has 0 amide bonds. The zero-order valence-electron chi connectivity index (χ0n) is 18.8. The van der Waals surface area contributed by atoms with Gasteiger partial charge in [0.25, 0.3) is 5.56 Å². The van der Waals surface area contributed by atoms with E-state index in [1.54, 1.807) is 48.5 Å². The summed E-state index contributed by atoms with van der Waals surface area (Å²) in [5.74, 6) is -3.86. The molecule has 1 N–H and O–H groups in total. The Morgan fingerprint density at radius 3 is 2.36 bits per heavy atom. The zero-order chi connectivity index (χ0) is 25.9. The molecule has 0 bridgehead atoms. The van der Waals surface area contributed by atoms with Crippen molar-refractivity contribution >= 4 is 26.7 Å². The van der Waals surface area contributed by atoms with E-state index in [-0.39, 0.29) is 19.4 Å². The summed E-state index contributed by atoms with van der Waals surface area (Å²) in [6.45, 7) is -0.226. The Morgan fingerprint density at radius 2 is 1.67 bits per heavy atom. The van der Waals surface area contributed by atoms with Crippen LogP contribution in [0.2, 0.25) is 0 Å². The first-order valence-corrected chi connectivity index (χ1v) is 12.7. The summed E-state index contributed by atoms with van der Waals surface area (Å²) in [5.41, 5.74) is 1.61. The lowest BCUT2D eigenvalue weighted by atomic mass is 10.0. The van der Waals surface area contributed by atoms with Gasteiger partial charge in [-0.15, -0.1) is 5.10 Å². The molecule has 8 nitrogen and oxygen atoms in total. The van der Waals surface area contributed by atoms with Crippen LogP contribution >= 0.6 is 0 Å². The highest BCUT2D eigenvalue weighted by Crippen LogP contribution is 2.22. The van der Waals surface area contributed by atoms with Crippen molar-refractivity contribution in [3.8, 4) is 11.1 Å². The fourth-order valence-electron chi connectivity index (χ4n) is 3.81. The highest BCUT2D eigenvalue weighted by atomic mass is 32.2. The van der Waals surface area contributed by atoms with Gasteiger partial charge in [-0.05, 0) is 53.8 Å². The Bertz CT molecular complexity index is 1590. The third kappa shape index (κ3) is 5.46. The molecule has 1 atom stereocenters. The number of aromatic nitrogens is 3. The molecule has 0 radical (unpaired) electrons. The smallest absolute Gasteiger partial charge is 0.321 e. The molecule has 3 aromatic carbocycles. The minimum atomic E-state index is -4.07. The normalized spacial score (nSPS) is 12.5. The van der Waals surface area contributed by atoms with Gasteiger partial charge in [-0.1, -0.05) is 47.7 Å². The SMILES string of the molecule is O=C(O)C(CCn1nnc2ccccc2c1=O)S(=O)(=O)CCc1ccc(-c2ccc(F)c(F)c2)cc1. The maximum Gasteiger partial charge on any atom is 0.321 e. The molecule has 0 saturated carbocycles. The largest absolute Gasteiger partial charge is 0.480 e. The summed E-state index contributed by atoms with van der Waals surface area (Å²) >= 11 is 0. The van der Waals surface area contributed by atoms with Gasteiger partial charge in [-0.2, -0.15) is 0 Å². The highest BCUT2D eigenvalue weighted by molar-refractivity contribution is 7.92. The summed E-state index contributed by atoms with van der Waals surface area (Å²) in [7, 11) is -4.07. The van der Waals surface area contributed by atoms with E-state index in [1.165, 1.54) is 6.07 Å². The van der Waals surface area contributed by atoms with E-state index < -0.39 is 44.0 Å². The Labute approximate surface area is 204 Å². The number of nitrogens with zero attached hydrogens (tertiary/aromatic N) is 3. The molecule has 0 fully saturated rings. The van der Waals surface area contributed by atoms with Crippen molar-refractivity contribution in [1.29, 1.82) is 0 Å². The first kappa shape index (κ1) is 25.1. The second kappa shape index (κ2) is 10.3. The molecule has 11 heteroatoms. The number of aryl methyl sites for hydroxylation is 2. The van der Waals surface area contributed by atoms with E-state index in [9.17, 15) is 31.9 Å². The first-order valence-electron chi connectivity index (χ1n) is 11.0. The summed E-state index contributed by atoms with van der Waals surface area (Å²) in [6, 6.07) is 16.6. The van der Waals surface area contributed by atoms with Crippen molar-refractivity contribution in [1.82, 2.24) is 15.0 Å². The molecule has 36 heavy (non-hydrogen) atoms. The number of benzene rings is 3. The number of hydrogen-bond acceptors (Lipinski definition) is 6. The van der Waals surface area contributed by atoms with Crippen LogP contribution in [0.4, 0.5) is 8.78 Å². The number of aliphatic carboxylic acids is 1. The van der Waals surface area contributed by atoms with Gasteiger partial charge in [0.1, 0.15) is 5.52 Å². The molecule has 1 aromatic heterocycles. The lowest BCUT2D eigenvalue weighted by Crippen LogP contribution is -2.35. The second-order valence-electron chi connectivity index (χ2n) is 8.19. The number of halogens is 2. The quantitative estimate of drug-likeness (QED) is 0.365. The number of fused-ring (bicyclic) bond motifs is 1. The second-order valence-corrected chi connectivity index (χ2v) is 10.5. The molecular formula is C25H21F2N3O5S. The molecule has 0 aliphatic heterocycles. The number of carbonyl (C=O) groups is 1. The first-order chi connectivity index (χ1) is 17.2. The van der Waals surface area contributed by atoms with E-state index in [4.69, 9.17) is 0 Å². The van der Waals surface area contributed by atoms with Crippen molar-refractivity contribution in [2.75, 3.05) is 5.75 Å². The fourth-order valence-corrected chi connectivity index (χ4v) is 5.38. The molecule has 1 unspecified atom stereocenters. The fraction of sp³-hybridized carbons (Fsp3) is 0.200. The molecule has 0 saturated heterocycles. The summed E-state index contributed by atoms with van der Waals surface area (Å²) in [4.78, 5) is 24.3. The Morgan fingerprint density at radius 1 is 0.972 bits per heavy atom. The average Bonchev–Trinajstić information content (AvgIpc) is 2.86. The lowest BCUT2D eigenvalue weighted by molar-refractivity contribution is -0.136. The molecule has 1 heterocycles. The highest BCUT2D eigenvalue weighted by Gasteiger charge is 2.32. The van der Waals surface area contributed by atoms with Gasteiger partial charge < -0.3 is 5.11 Å². The van der Waals surface area contributed by atoms with Crippen LogP contribution < -0.4 is 5.56 Å². The van der Waals surface area contributed by atoms with Crippen LogP contribution in [0, 0.1) is 11.6 Å². The number of hydrogen-bond donors (Lipinski definition) is 1. The molecular weight excluding hydrogens is 492 g/mol. The van der Waals surface area contributed by atoms with E-state index >= 15 is 0 Å². The third-order valence-electron chi connectivity index (χ3n) is 5.82. The minimum Gasteiger partial charge on any atom is -0.480 e. The Kier molecular flexibility index (Phi) is 7.20. The van der Waals surface area contributed by atoms with Crippen LogP contribution in [0.1, 0.15) is 12.0 Å². The Balaban J connectivity index is 1.43. The van der Waals surface area contributed by atoms with E-state index in [2.05, 4.69) is 10.3 Å². The van der Waals surface area contributed by atoms with Crippen LogP contribution in [0.3, 0.4) is 0 Å². The molecule has 0 aliphatic rings. The zero-order valence-corrected chi connectivity index (χ0v) is 19.7. The van der Waals surface area contributed by atoms with Crippen molar-refractivity contribution < 1.29 is 27.1 Å². The molecule has 0 aliphatic carbocycles. The van der Waals surface area contributed by atoms with Gasteiger partial charge in [-0.3, -0.25) is 9.59 Å². The standard InChI is InChI=1S/C25H21F2N3O5S/c26-20-10-9-18(15-21(20)27)17-7-5-16(6-8-17)12-14-36(34,35)23(25(32)33)11-13-30-24(31)19-3-1-2-4-22(19)28-29-30/h1-10,15,23H,11-14H2,(H,32,33). The van der Waals surface area contributed by atoms with Gasteiger partial charge in [0.05, 0.1) is 11.1 Å². The van der Waals surface area contributed by atoms with Gasteiger partial charge in [-0.25, -0.2) is 21.9 Å². The number of carboxylic acid groups (broad SMARTS) is 1. The van der Waals surface area contributed by atoms with Gasteiger partial charge in [0.2, 0.25) is 0 Å². The Hall–Kier alpha value is -3.99. The van der Waals surface area contributed by atoms with Crippen LogP contribution in [0.25, 0.3) is 22.0 Å². The summed E-state index contributed by atoms with van der Waals surface area (Å²) < 4.78 is 53.3. The van der Waals surface area contributed by atoms with Crippen molar-refractivity contribution in [3.05, 3.63) is 94.3 Å². The lowest BCUT2D eigenvalue weighted by Gasteiger charge is -2.14. The molecule has 4 aromatic rings. The van der Waals surface area contributed by atoms with E-state index in [0.717, 1.165) is 16.8 Å². The summed E-state index contributed by atoms with van der Waals surface area (Å²) in [6.07, 6.45) is -0.292. The number of rotatable bonds is 9. The van der Waals surface area contributed by atoms with Gasteiger partial charge in [0, 0.05) is 6.54 Å². The molecule has 186 valence electrons. The predicted molar refractivity (Wildman–Crippen MR) is 129 cm³/mol. The number of carboxylic acids is 1. The predicted octanol–water partition coefficient (Wildman–Crippen LogP) is 3.24. The van der Waals surface area contributed by atoms with E-state index in [0.29, 0.717) is 27.6 Å². The number of sulfone groups is 1. The third-order valence-corrected chi connectivity index (χ3v) is 7.90. The minimum absolute atomic E-state index is 0.0555. The van der Waals surface area contributed by atoms with E-state index in [1.807, 2.05) is 0 Å². The molecule has 0 spiro atoms. The van der Waals surface area contributed by atoms with Crippen LogP contribution in [0.5, 0.6) is 0 Å². The molecule has 4 rings (SSSR count). The maximum absolute atomic E-state index is 13.5. The van der Waals surface area contributed by atoms with Gasteiger partial charge in [0.15, 0.2) is 26.7 Å². The van der Waals surface area contributed by atoms with Crippen LogP contribution in [-0.2, 0) is 27.6 Å². The van der Waals surface area contributed by atoms with Gasteiger partial charge >= 0.3 is 5.97 Å². The van der Waals surface area contributed by atoms with Crippen LogP contribution in [-0.4, -0.2) is 45.5 Å². The summed E-state index contributed by atoms with van der Waals surface area (Å²) in [5, 5.41) is 15.8. The maximum atomic E-state index is 13.5. The van der Waals surface area contributed by atoms with Crippen molar-refractivity contribution in [2.24, 2.45) is 0 Å². The van der Waals surface area contributed by atoms with Crippen molar-refractivity contribution in [3.63, 3.8) is 0 Å². The topological polar surface area (TPSA) is 119 Å². The van der Waals surface area contributed by atoms with Crippen LogP contribution in [0.15, 0.2) is 71.5 Å².